The molecule has 0 radical (unpaired) electrons. The molecule has 1 saturated heterocycles. The fourth-order valence-electron chi connectivity index (χ4n) is 5.47. The van der Waals surface area contributed by atoms with Crippen LogP contribution in [-0.2, 0) is 4.79 Å². The Morgan fingerprint density at radius 3 is 2.50 bits per heavy atom. The van der Waals surface area contributed by atoms with Gasteiger partial charge in [0.15, 0.2) is 6.61 Å². The van der Waals surface area contributed by atoms with Gasteiger partial charge in [0.1, 0.15) is 5.75 Å². The molecule has 0 unspecified atom stereocenters. The van der Waals surface area contributed by atoms with Gasteiger partial charge in [-0.1, -0.05) is 51.1 Å². The molecule has 5 nitrogen and oxygen atoms in total. The molecule has 2 amide bonds. The van der Waals surface area contributed by atoms with Crippen molar-refractivity contribution in [3.63, 3.8) is 0 Å². The molecule has 0 aromatic heterocycles. The van der Waals surface area contributed by atoms with E-state index >= 15 is 0 Å². The van der Waals surface area contributed by atoms with Gasteiger partial charge in [-0.3, -0.25) is 9.59 Å². The van der Waals surface area contributed by atoms with Gasteiger partial charge in [0, 0.05) is 18.3 Å². The highest BCUT2D eigenvalue weighted by atomic mass is 16.5. The Labute approximate surface area is 178 Å². The van der Waals surface area contributed by atoms with Crippen molar-refractivity contribution in [1.29, 1.82) is 0 Å². The first-order valence-corrected chi connectivity index (χ1v) is 10.6. The molecule has 1 aliphatic carbocycles. The first-order chi connectivity index (χ1) is 14.2. The maximum absolute atomic E-state index is 13.0. The molecule has 1 saturated carbocycles. The van der Waals surface area contributed by atoms with Gasteiger partial charge in [-0.25, -0.2) is 0 Å². The smallest absolute Gasteiger partial charge is 0.260 e. The van der Waals surface area contributed by atoms with Crippen LogP contribution in [0.4, 0.5) is 5.69 Å². The summed E-state index contributed by atoms with van der Waals surface area (Å²) >= 11 is 0. The zero-order valence-corrected chi connectivity index (χ0v) is 18.0. The summed E-state index contributed by atoms with van der Waals surface area (Å²) in [5.41, 5.74) is 1.58. The third-order valence-electron chi connectivity index (χ3n) is 6.25. The predicted octanol–water partition coefficient (Wildman–Crippen LogP) is 4.74. The topological polar surface area (TPSA) is 58.6 Å². The second-order valence-corrected chi connectivity index (χ2v) is 9.84. The molecule has 0 spiro atoms. The first-order valence-electron chi connectivity index (χ1n) is 10.6. The van der Waals surface area contributed by atoms with Crippen LogP contribution in [0, 0.1) is 10.8 Å². The Morgan fingerprint density at radius 2 is 1.73 bits per heavy atom. The number of amides is 2. The fraction of sp³-hybridized carbons (Fsp3) is 0.440. The van der Waals surface area contributed by atoms with Crippen molar-refractivity contribution in [2.45, 2.75) is 46.1 Å². The quantitative estimate of drug-likeness (QED) is 0.780. The van der Waals surface area contributed by atoms with Crippen molar-refractivity contribution >= 4 is 17.5 Å². The number of fused-ring (bicyclic) bond motifs is 2. The number of hydrogen-bond donors (Lipinski definition) is 1. The molecule has 2 aliphatic rings. The molecule has 1 heterocycles. The highest BCUT2D eigenvalue weighted by Gasteiger charge is 2.50. The van der Waals surface area contributed by atoms with E-state index in [0.717, 1.165) is 25.8 Å². The number of carbonyl (C=O) groups is 2. The van der Waals surface area contributed by atoms with E-state index in [1.807, 2.05) is 41.3 Å². The molecule has 2 aromatic rings. The summed E-state index contributed by atoms with van der Waals surface area (Å²) in [5.74, 6) is 0.170. The highest BCUT2D eigenvalue weighted by Crippen LogP contribution is 2.52. The average molecular weight is 407 g/mol. The van der Waals surface area contributed by atoms with Crippen LogP contribution in [0.2, 0.25) is 0 Å². The van der Waals surface area contributed by atoms with Gasteiger partial charge in [0.25, 0.3) is 11.8 Å². The molecular weight excluding hydrogens is 376 g/mol. The van der Waals surface area contributed by atoms with Crippen LogP contribution in [-0.4, -0.2) is 35.9 Å². The van der Waals surface area contributed by atoms with E-state index in [4.69, 9.17) is 4.74 Å². The molecule has 1 N–H and O–H groups in total. The second kappa shape index (κ2) is 7.78. The van der Waals surface area contributed by atoms with Crippen LogP contribution in [0.3, 0.4) is 0 Å². The number of likely N-dealkylation sites (tertiary alicyclic amines) is 1. The Balaban J connectivity index is 1.42. The number of nitrogens with one attached hydrogen (secondary N) is 1. The summed E-state index contributed by atoms with van der Waals surface area (Å²) in [4.78, 5) is 27.7. The highest BCUT2D eigenvalue weighted by molar-refractivity contribution is 6.06. The molecule has 1 aliphatic heterocycles. The third kappa shape index (κ3) is 4.35. The van der Waals surface area contributed by atoms with E-state index in [-0.39, 0.29) is 35.3 Å². The van der Waals surface area contributed by atoms with Crippen LogP contribution < -0.4 is 10.1 Å². The fourth-order valence-corrected chi connectivity index (χ4v) is 5.47. The number of para-hydroxylation sites is 2. The standard InChI is InChI=1S/C25H30N2O3/c1-24(2)13-19-14-25(3,16-24)17-27(19)22(28)15-30-21-12-8-7-11-20(21)23(29)26-18-9-5-4-6-10-18/h4-12,19H,13-17H2,1-3H3,(H,26,29)/t19-,25+/m0/s1. The van der Waals surface area contributed by atoms with Gasteiger partial charge in [-0.2, -0.15) is 0 Å². The third-order valence-corrected chi connectivity index (χ3v) is 6.25. The minimum Gasteiger partial charge on any atom is -0.483 e. The van der Waals surface area contributed by atoms with Crippen molar-refractivity contribution in [1.82, 2.24) is 4.90 Å². The number of rotatable bonds is 5. The molecule has 2 bridgehead atoms. The van der Waals surface area contributed by atoms with E-state index < -0.39 is 0 Å². The molecule has 4 rings (SSSR count). The molecule has 5 heteroatoms. The maximum atomic E-state index is 13.0. The monoisotopic (exact) mass is 406 g/mol. The van der Waals surface area contributed by atoms with Gasteiger partial charge >= 0.3 is 0 Å². The molecule has 30 heavy (non-hydrogen) atoms. The average Bonchev–Trinajstić information content (AvgIpc) is 2.95. The summed E-state index contributed by atoms with van der Waals surface area (Å²) in [6, 6.07) is 16.6. The van der Waals surface area contributed by atoms with Crippen molar-refractivity contribution in [2.75, 3.05) is 18.5 Å². The van der Waals surface area contributed by atoms with E-state index in [2.05, 4.69) is 26.1 Å². The van der Waals surface area contributed by atoms with Crippen LogP contribution in [0.25, 0.3) is 0 Å². The van der Waals surface area contributed by atoms with Crippen molar-refractivity contribution in [3.05, 3.63) is 60.2 Å². The van der Waals surface area contributed by atoms with E-state index in [1.54, 1.807) is 18.2 Å². The van der Waals surface area contributed by atoms with Crippen LogP contribution in [0.15, 0.2) is 54.6 Å². The second-order valence-electron chi connectivity index (χ2n) is 9.84. The lowest BCUT2D eigenvalue weighted by Gasteiger charge is -2.39. The Hall–Kier alpha value is -2.82. The number of hydrogen-bond acceptors (Lipinski definition) is 3. The minimum absolute atomic E-state index is 0.000282. The minimum atomic E-state index is -0.254. The van der Waals surface area contributed by atoms with Crippen LogP contribution in [0.5, 0.6) is 5.75 Å². The number of ether oxygens (including phenoxy) is 1. The SMILES string of the molecule is CC1(C)C[C@H]2C[C@@](C)(CN2C(=O)COc2ccccc2C(=O)Nc2ccccc2)C1. The normalized spacial score (nSPS) is 24.4. The Bertz CT molecular complexity index is 940. The van der Waals surface area contributed by atoms with E-state index in [1.165, 1.54) is 0 Å². The first kappa shape index (κ1) is 20.5. The number of anilines is 1. The summed E-state index contributed by atoms with van der Waals surface area (Å²) in [6.07, 6.45) is 3.24. The number of benzene rings is 2. The van der Waals surface area contributed by atoms with E-state index in [0.29, 0.717) is 17.0 Å². The number of nitrogens with zero attached hydrogens (tertiary/aromatic N) is 1. The summed E-state index contributed by atoms with van der Waals surface area (Å²) in [7, 11) is 0. The largest absolute Gasteiger partial charge is 0.483 e. The van der Waals surface area contributed by atoms with Crippen molar-refractivity contribution in [2.24, 2.45) is 10.8 Å². The lowest BCUT2D eigenvalue weighted by atomic mass is 9.65. The Kier molecular flexibility index (Phi) is 5.31. The summed E-state index contributed by atoms with van der Waals surface area (Å²) in [5, 5.41) is 2.87. The zero-order valence-electron chi connectivity index (χ0n) is 18.0. The lowest BCUT2D eigenvalue weighted by molar-refractivity contribution is -0.134. The molecule has 2 aromatic carbocycles. The molecule has 2 atom stereocenters. The zero-order chi connectivity index (χ0) is 21.4. The van der Waals surface area contributed by atoms with Gasteiger partial charge in [0.05, 0.1) is 5.56 Å². The van der Waals surface area contributed by atoms with Crippen LogP contribution >= 0.6 is 0 Å². The van der Waals surface area contributed by atoms with E-state index in [9.17, 15) is 9.59 Å². The predicted molar refractivity (Wildman–Crippen MR) is 118 cm³/mol. The van der Waals surface area contributed by atoms with Gasteiger partial charge in [-0.15, -0.1) is 0 Å². The molecule has 2 fully saturated rings. The summed E-state index contributed by atoms with van der Waals surface area (Å²) in [6.45, 7) is 7.62. The molecule has 158 valence electrons. The van der Waals surface area contributed by atoms with Crippen molar-refractivity contribution in [3.8, 4) is 5.75 Å². The Morgan fingerprint density at radius 1 is 1.03 bits per heavy atom. The van der Waals surface area contributed by atoms with Gasteiger partial charge < -0.3 is 15.0 Å². The number of carbonyl (C=O) groups excluding carboxylic acids is 2. The summed E-state index contributed by atoms with van der Waals surface area (Å²) < 4.78 is 5.85. The molecular formula is C25H30N2O3. The lowest BCUT2D eigenvalue weighted by Crippen LogP contribution is -2.40. The van der Waals surface area contributed by atoms with Crippen molar-refractivity contribution < 1.29 is 14.3 Å². The van der Waals surface area contributed by atoms with Gasteiger partial charge in [0.2, 0.25) is 0 Å². The van der Waals surface area contributed by atoms with Crippen LogP contribution in [0.1, 0.15) is 50.4 Å². The van der Waals surface area contributed by atoms with Gasteiger partial charge in [-0.05, 0) is 54.4 Å². The maximum Gasteiger partial charge on any atom is 0.260 e.